The monoisotopic (exact) mass is 1030 g/mol. The minimum absolute atomic E-state index is 0. The Morgan fingerprint density at radius 1 is 0.443 bits per heavy atom. The van der Waals surface area contributed by atoms with Crippen molar-refractivity contribution in [3.63, 3.8) is 0 Å². The number of hydrogen-bond donors (Lipinski definition) is 2. The summed E-state index contributed by atoms with van der Waals surface area (Å²) in [5.74, 6) is -2.83. The van der Waals surface area contributed by atoms with E-state index >= 15 is 0 Å². The number of amides is 2. The minimum atomic E-state index is -5.22. The van der Waals surface area contributed by atoms with Crippen LogP contribution in [0.15, 0.2) is 0 Å². The van der Waals surface area contributed by atoms with Crippen LogP contribution in [0.5, 0.6) is 0 Å². The van der Waals surface area contributed by atoms with Crippen molar-refractivity contribution < 1.29 is 105 Å². The summed E-state index contributed by atoms with van der Waals surface area (Å²) >= 11 is 0. The zero-order valence-electron chi connectivity index (χ0n) is 44.8. The van der Waals surface area contributed by atoms with Crippen LogP contribution in [0.4, 0.5) is 9.59 Å². The van der Waals surface area contributed by atoms with Gasteiger partial charge in [-0.3, -0.25) is 23.7 Å². The van der Waals surface area contributed by atoms with E-state index in [9.17, 15) is 38.2 Å². The van der Waals surface area contributed by atoms with Crippen LogP contribution in [0.25, 0.3) is 0 Å². The summed E-state index contributed by atoms with van der Waals surface area (Å²) < 4.78 is 54.9. The second kappa shape index (κ2) is 43.0. The van der Waals surface area contributed by atoms with Gasteiger partial charge in [0.1, 0.15) is 24.4 Å². The van der Waals surface area contributed by atoms with Crippen molar-refractivity contribution in [3.8, 4) is 0 Å². The fraction of sp³-hybridized carbons (Fsp3) is 0.880. The Morgan fingerprint density at radius 2 is 0.729 bits per heavy atom. The first-order chi connectivity index (χ1) is 32.6. The van der Waals surface area contributed by atoms with Crippen LogP contribution in [-0.2, 0) is 61.2 Å². The Labute approximate surface area is 442 Å². The van der Waals surface area contributed by atoms with E-state index in [4.69, 9.17) is 37.5 Å². The van der Waals surface area contributed by atoms with E-state index in [1.807, 2.05) is 0 Å². The molecule has 0 aromatic carbocycles. The van der Waals surface area contributed by atoms with E-state index in [1.165, 1.54) is 83.5 Å². The van der Waals surface area contributed by atoms with Crippen LogP contribution in [-0.4, -0.2) is 99.0 Å². The number of phosphoric acid groups is 1. The van der Waals surface area contributed by atoms with Crippen LogP contribution in [0.3, 0.4) is 0 Å². The Hall–Kier alpha value is -2.47. The van der Waals surface area contributed by atoms with E-state index in [2.05, 4.69) is 24.5 Å². The molecule has 0 bridgehead atoms. The average Bonchev–Trinajstić information content (AvgIpc) is 3.25. The third-order valence-electron chi connectivity index (χ3n) is 10.3. The summed E-state index contributed by atoms with van der Waals surface area (Å²) in [5.41, 5.74) is -1.54. The number of hydrogen-bond acceptors (Lipinski definition) is 16. The molecular formula is C50H92N2NaO16P. The van der Waals surface area contributed by atoms with Gasteiger partial charge in [-0.15, -0.1) is 0 Å². The number of esters is 4. The smallest absolute Gasteiger partial charge is 0.756 e. The summed E-state index contributed by atoms with van der Waals surface area (Å²) in [7, 11) is -5.22. The Morgan fingerprint density at radius 3 is 1.07 bits per heavy atom. The molecule has 70 heavy (non-hydrogen) atoms. The van der Waals surface area contributed by atoms with Gasteiger partial charge in [-0.1, -0.05) is 142 Å². The van der Waals surface area contributed by atoms with Crippen molar-refractivity contribution in [2.45, 2.75) is 246 Å². The van der Waals surface area contributed by atoms with Crippen LogP contribution in [0, 0.1) is 0 Å². The largest absolute Gasteiger partial charge is 1.00 e. The zero-order valence-corrected chi connectivity index (χ0v) is 47.7. The molecule has 0 aliphatic carbocycles. The van der Waals surface area contributed by atoms with Crippen molar-refractivity contribution in [1.82, 2.24) is 10.6 Å². The molecule has 3 atom stereocenters. The first-order valence-electron chi connectivity index (χ1n) is 25.9. The molecule has 0 aromatic heterocycles. The van der Waals surface area contributed by atoms with E-state index in [1.54, 1.807) is 41.5 Å². The Kier molecular flexibility index (Phi) is 42.7. The maximum absolute atomic E-state index is 13.0. The molecule has 0 aliphatic rings. The molecule has 2 unspecified atom stereocenters. The fourth-order valence-corrected chi connectivity index (χ4v) is 7.43. The maximum atomic E-state index is 13.0. The molecule has 0 aromatic rings. The van der Waals surface area contributed by atoms with Gasteiger partial charge in [-0.2, -0.15) is 0 Å². The van der Waals surface area contributed by atoms with E-state index in [0.717, 1.165) is 44.9 Å². The van der Waals surface area contributed by atoms with Gasteiger partial charge >= 0.3 is 65.6 Å². The van der Waals surface area contributed by atoms with Gasteiger partial charge in [0.05, 0.1) is 26.1 Å². The molecule has 404 valence electrons. The first-order valence-corrected chi connectivity index (χ1v) is 27.3. The van der Waals surface area contributed by atoms with Gasteiger partial charge in [0.2, 0.25) is 0 Å². The zero-order chi connectivity index (χ0) is 51.8. The molecule has 0 radical (unpaired) electrons. The maximum Gasteiger partial charge on any atom is 1.00 e. The topological polar surface area (TPSA) is 240 Å². The Balaban J connectivity index is 0. The molecule has 0 saturated heterocycles. The first kappa shape index (κ1) is 69.6. The van der Waals surface area contributed by atoms with Crippen molar-refractivity contribution in [2.24, 2.45) is 0 Å². The molecule has 2 amide bonds. The van der Waals surface area contributed by atoms with Gasteiger partial charge in [0.25, 0.3) is 7.82 Å². The van der Waals surface area contributed by atoms with Crippen LogP contribution in [0.2, 0.25) is 0 Å². The summed E-state index contributed by atoms with van der Waals surface area (Å²) in [5, 5.41) is 4.82. The summed E-state index contributed by atoms with van der Waals surface area (Å²) in [6.07, 6.45) is 19.7. The number of nitrogens with one attached hydrogen (secondary N) is 2. The van der Waals surface area contributed by atoms with Crippen LogP contribution < -0.4 is 45.1 Å². The van der Waals surface area contributed by atoms with Gasteiger partial charge in [-0.05, 0) is 54.4 Å². The fourth-order valence-electron chi connectivity index (χ4n) is 6.65. The summed E-state index contributed by atoms with van der Waals surface area (Å²) in [6, 6.07) is 0. The van der Waals surface area contributed by atoms with Crippen molar-refractivity contribution in [1.29, 1.82) is 0 Å². The normalized spacial score (nSPS) is 13.2. The number of rotatable bonds is 42. The van der Waals surface area contributed by atoms with Gasteiger partial charge in [-0.25, -0.2) is 9.59 Å². The number of carbonyl (C=O) groups excluding carboxylic acids is 6. The molecule has 18 nitrogen and oxygen atoms in total. The van der Waals surface area contributed by atoms with Crippen molar-refractivity contribution >= 4 is 43.9 Å². The standard InChI is InChI=1S/C50H93N2O16P.Na/c1-9-11-13-15-17-19-21-23-25-27-29-31-43(53)61-37-41(65-45(55)32-30-28-26-24-22-20-18-16-14-12-10-2)39-63-69(59,60)64-40-42(66-46(56)34-36-52-48(58)68-50(6,7)8)38-62-44(54)33-35-51-47(57)67-49(3,4)5;/h41-42H,9-40H2,1-8H3,(H,51,57)(H,52,58)(H,59,60);/q;+1/p-1/t41-,42?;/m1./s1. The second-order valence-electron chi connectivity index (χ2n) is 19.6. The van der Waals surface area contributed by atoms with Crippen molar-refractivity contribution in [2.75, 3.05) is 39.5 Å². The molecule has 0 rings (SSSR count). The minimum Gasteiger partial charge on any atom is -0.756 e. The van der Waals surface area contributed by atoms with Crippen molar-refractivity contribution in [3.05, 3.63) is 0 Å². The number of alkyl carbamates (subject to hydrolysis) is 2. The number of unbranched alkanes of at least 4 members (excludes halogenated alkanes) is 20. The molecule has 0 aliphatic heterocycles. The van der Waals surface area contributed by atoms with Crippen LogP contribution in [0.1, 0.15) is 222 Å². The second-order valence-corrected chi connectivity index (χ2v) is 21.0. The average molecular weight is 1030 g/mol. The summed E-state index contributed by atoms with van der Waals surface area (Å²) in [6.45, 7) is 11.4. The van der Waals surface area contributed by atoms with Gasteiger partial charge < -0.3 is 53.0 Å². The third kappa shape index (κ3) is 47.8. The van der Waals surface area contributed by atoms with E-state index in [-0.39, 0.29) is 68.3 Å². The molecular weight excluding hydrogens is 939 g/mol. The quantitative estimate of drug-likeness (QED) is 0.0196. The molecule has 0 fully saturated rings. The Bertz CT molecular complexity index is 1460. The number of ether oxygens (including phenoxy) is 6. The van der Waals surface area contributed by atoms with E-state index < -0.39 is 93.7 Å². The molecule has 0 heterocycles. The predicted molar refractivity (Wildman–Crippen MR) is 261 cm³/mol. The predicted octanol–water partition coefficient (Wildman–Crippen LogP) is 7.63. The SMILES string of the molecule is CCCCCCCCCCCCCC(=O)OC[C@H](COP(=O)([O-])OCC(COC(=O)CCNC(=O)OC(C)(C)C)OC(=O)CCNC(=O)OC(C)(C)C)OC(=O)CCCCCCCCCCCCC.[Na+]. The van der Waals surface area contributed by atoms with Crippen LogP contribution >= 0.6 is 7.82 Å². The molecule has 0 spiro atoms. The number of phosphoric ester groups is 1. The van der Waals surface area contributed by atoms with E-state index in [0.29, 0.717) is 12.8 Å². The van der Waals surface area contributed by atoms with Gasteiger partial charge in [0.15, 0.2) is 12.2 Å². The summed E-state index contributed by atoms with van der Waals surface area (Å²) in [4.78, 5) is 87.8. The number of carbonyl (C=O) groups is 6. The third-order valence-corrected chi connectivity index (χ3v) is 11.2. The molecule has 20 heteroatoms. The molecule has 2 N–H and O–H groups in total. The van der Waals surface area contributed by atoms with Gasteiger partial charge in [0, 0.05) is 25.9 Å². The molecule has 0 saturated carbocycles.